The molecule has 0 saturated heterocycles. The molecule has 1 aromatic heterocycles. The third-order valence-corrected chi connectivity index (χ3v) is 2.11. The molecule has 3 nitrogen and oxygen atoms in total. The Morgan fingerprint density at radius 1 is 1.15 bits per heavy atom. The molecule has 0 amide bonds. The van der Waals surface area contributed by atoms with Crippen molar-refractivity contribution < 1.29 is 5.11 Å². The Kier molecular flexibility index (Phi) is 2.98. The molecule has 0 unspecified atom stereocenters. The molecule has 0 spiro atoms. The Morgan fingerprint density at radius 2 is 1.62 bits per heavy atom. The van der Waals surface area contributed by atoms with Gasteiger partial charge in [-0.05, 0) is 13.8 Å². The minimum absolute atomic E-state index is 0.0239. The van der Waals surface area contributed by atoms with Gasteiger partial charge in [0.05, 0.1) is 6.61 Å². The number of aromatic nitrogens is 2. The number of rotatable bonds is 2. The summed E-state index contributed by atoms with van der Waals surface area (Å²) in [5.41, 5.74) is 2.63. The zero-order valence-electron chi connectivity index (χ0n) is 8.63. The van der Waals surface area contributed by atoms with Crippen molar-refractivity contribution in [2.45, 2.75) is 40.2 Å². The SMILES string of the molecule is Cc1nc(C(C)C)nc(C)c1CO. The van der Waals surface area contributed by atoms with E-state index in [0.717, 1.165) is 22.8 Å². The van der Waals surface area contributed by atoms with Gasteiger partial charge in [0.2, 0.25) is 0 Å². The third-order valence-electron chi connectivity index (χ3n) is 2.11. The average Bonchev–Trinajstić information content (AvgIpc) is 2.03. The van der Waals surface area contributed by atoms with Crippen molar-refractivity contribution in [3.8, 4) is 0 Å². The van der Waals surface area contributed by atoms with Crippen LogP contribution >= 0.6 is 0 Å². The lowest BCUT2D eigenvalue weighted by molar-refractivity contribution is 0.278. The summed E-state index contributed by atoms with van der Waals surface area (Å²) < 4.78 is 0. The van der Waals surface area contributed by atoms with E-state index in [4.69, 9.17) is 5.11 Å². The summed E-state index contributed by atoms with van der Waals surface area (Å²) in [5, 5.41) is 9.05. The van der Waals surface area contributed by atoms with Crippen LogP contribution in [0.5, 0.6) is 0 Å². The number of aliphatic hydroxyl groups is 1. The summed E-state index contributed by atoms with van der Waals surface area (Å²) in [6.07, 6.45) is 0. The van der Waals surface area contributed by atoms with Crippen LogP contribution < -0.4 is 0 Å². The second-order valence-corrected chi connectivity index (χ2v) is 3.54. The molecule has 0 aliphatic carbocycles. The fraction of sp³-hybridized carbons (Fsp3) is 0.600. The molecule has 3 heteroatoms. The fourth-order valence-corrected chi connectivity index (χ4v) is 1.25. The van der Waals surface area contributed by atoms with Crippen LogP contribution in [-0.2, 0) is 6.61 Å². The van der Waals surface area contributed by atoms with Gasteiger partial charge in [-0.3, -0.25) is 0 Å². The molecule has 1 aromatic rings. The topological polar surface area (TPSA) is 46.0 Å². The summed E-state index contributed by atoms with van der Waals surface area (Å²) in [6.45, 7) is 7.97. The van der Waals surface area contributed by atoms with E-state index in [-0.39, 0.29) is 6.61 Å². The van der Waals surface area contributed by atoms with Gasteiger partial charge in [-0.25, -0.2) is 9.97 Å². The van der Waals surface area contributed by atoms with Crippen LogP contribution in [0.3, 0.4) is 0 Å². The number of nitrogens with zero attached hydrogens (tertiary/aromatic N) is 2. The highest BCUT2D eigenvalue weighted by Crippen LogP contribution is 2.14. The lowest BCUT2D eigenvalue weighted by Crippen LogP contribution is -2.06. The summed E-state index contributed by atoms with van der Waals surface area (Å²) in [6, 6.07) is 0. The van der Waals surface area contributed by atoms with Crippen LogP contribution in [0.4, 0.5) is 0 Å². The number of aryl methyl sites for hydroxylation is 2. The van der Waals surface area contributed by atoms with Crippen LogP contribution in [-0.4, -0.2) is 15.1 Å². The fourth-order valence-electron chi connectivity index (χ4n) is 1.25. The minimum atomic E-state index is 0.0239. The molecule has 0 saturated carbocycles. The average molecular weight is 180 g/mol. The molecule has 0 radical (unpaired) electrons. The van der Waals surface area contributed by atoms with Crippen molar-refractivity contribution in [3.05, 3.63) is 22.8 Å². The van der Waals surface area contributed by atoms with Crippen molar-refractivity contribution in [3.63, 3.8) is 0 Å². The molecule has 0 aliphatic heterocycles. The van der Waals surface area contributed by atoms with E-state index in [0.29, 0.717) is 5.92 Å². The van der Waals surface area contributed by atoms with Crippen molar-refractivity contribution in [1.29, 1.82) is 0 Å². The van der Waals surface area contributed by atoms with Gasteiger partial charge in [0.15, 0.2) is 0 Å². The largest absolute Gasteiger partial charge is 0.392 e. The van der Waals surface area contributed by atoms with Gasteiger partial charge in [-0.2, -0.15) is 0 Å². The standard InChI is InChI=1S/C10H16N2O/c1-6(2)10-11-7(3)9(5-13)8(4)12-10/h6,13H,5H2,1-4H3. The van der Waals surface area contributed by atoms with Gasteiger partial charge in [0.1, 0.15) is 5.82 Å². The Balaban J connectivity index is 3.20. The second kappa shape index (κ2) is 3.83. The first-order chi connectivity index (χ1) is 6.06. The zero-order valence-corrected chi connectivity index (χ0v) is 8.63. The molecule has 72 valence electrons. The molecule has 0 aromatic carbocycles. The number of hydrogen-bond donors (Lipinski definition) is 1. The van der Waals surface area contributed by atoms with Crippen molar-refractivity contribution in [2.24, 2.45) is 0 Å². The summed E-state index contributed by atoms with van der Waals surface area (Å²) in [7, 11) is 0. The zero-order chi connectivity index (χ0) is 10.0. The smallest absolute Gasteiger partial charge is 0.131 e. The van der Waals surface area contributed by atoms with Crippen molar-refractivity contribution >= 4 is 0 Å². The third kappa shape index (κ3) is 2.04. The van der Waals surface area contributed by atoms with Gasteiger partial charge in [-0.15, -0.1) is 0 Å². The molecule has 0 fully saturated rings. The first-order valence-corrected chi connectivity index (χ1v) is 4.51. The first kappa shape index (κ1) is 10.1. The maximum Gasteiger partial charge on any atom is 0.131 e. The monoisotopic (exact) mass is 180 g/mol. The van der Waals surface area contributed by atoms with E-state index >= 15 is 0 Å². The normalized spacial score (nSPS) is 10.9. The van der Waals surface area contributed by atoms with Crippen LogP contribution in [0.2, 0.25) is 0 Å². The van der Waals surface area contributed by atoms with Crippen LogP contribution in [0, 0.1) is 13.8 Å². The second-order valence-electron chi connectivity index (χ2n) is 3.54. The molecule has 1 N–H and O–H groups in total. The lowest BCUT2D eigenvalue weighted by atomic mass is 10.1. The van der Waals surface area contributed by atoms with Crippen LogP contribution in [0.15, 0.2) is 0 Å². The van der Waals surface area contributed by atoms with Crippen LogP contribution in [0.1, 0.15) is 42.5 Å². The predicted molar refractivity (Wildman–Crippen MR) is 51.5 cm³/mol. The predicted octanol–water partition coefficient (Wildman–Crippen LogP) is 1.71. The van der Waals surface area contributed by atoms with Gasteiger partial charge < -0.3 is 5.11 Å². The lowest BCUT2D eigenvalue weighted by Gasteiger charge is -2.10. The van der Waals surface area contributed by atoms with Gasteiger partial charge in [0, 0.05) is 22.9 Å². The van der Waals surface area contributed by atoms with Crippen molar-refractivity contribution in [2.75, 3.05) is 0 Å². The maximum atomic E-state index is 9.05. The number of hydrogen-bond acceptors (Lipinski definition) is 3. The molecule has 1 heterocycles. The maximum absolute atomic E-state index is 9.05. The molecule has 1 rings (SSSR count). The van der Waals surface area contributed by atoms with E-state index in [1.165, 1.54) is 0 Å². The molecule has 0 atom stereocenters. The molecule has 0 aliphatic rings. The Hall–Kier alpha value is -0.960. The van der Waals surface area contributed by atoms with E-state index in [1.807, 2.05) is 13.8 Å². The van der Waals surface area contributed by atoms with Gasteiger partial charge in [-0.1, -0.05) is 13.8 Å². The molecular formula is C10H16N2O. The van der Waals surface area contributed by atoms with E-state index in [9.17, 15) is 0 Å². The molecule has 0 bridgehead atoms. The Morgan fingerprint density at radius 3 is 1.92 bits per heavy atom. The highest BCUT2D eigenvalue weighted by atomic mass is 16.3. The molecule has 13 heavy (non-hydrogen) atoms. The van der Waals surface area contributed by atoms with E-state index in [2.05, 4.69) is 23.8 Å². The summed E-state index contributed by atoms with van der Waals surface area (Å²) in [5.74, 6) is 1.19. The molecular weight excluding hydrogens is 164 g/mol. The quantitative estimate of drug-likeness (QED) is 0.753. The Labute approximate surface area is 78.9 Å². The van der Waals surface area contributed by atoms with E-state index < -0.39 is 0 Å². The first-order valence-electron chi connectivity index (χ1n) is 4.51. The van der Waals surface area contributed by atoms with Crippen molar-refractivity contribution in [1.82, 2.24) is 9.97 Å². The summed E-state index contributed by atoms with van der Waals surface area (Å²) >= 11 is 0. The highest BCUT2D eigenvalue weighted by Gasteiger charge is 2.09. The highest BCUT2D eigenvalue weighted by molar-refractivity contribution is 5.23. The van der Waals surface area contributed by atoms with Gasteiger partial charge in [0.25, 0.3) is 0 Å². The number of aliphatic hydroxyl groups excluding tert-OH is 1. The van der Waals surface area contributed by atoms with Crippen LogP contribution in [0.25, 0.3) is 0 Å². The van der Waals surface area contributed by atoms with Gasteiger partial charge >= 0.3 is 0 Å². The summed E-state index contributed by atoms with van der Waals surface area (Å²) in [4.78, 5) is 8.67. The minimum Gasteiger partial charge on any atom is -0.392 e. The van der Waals surface area contributed by atoms with E-state index in [1.54, 1.807) is 0 Å². The Bertz CT molecular complexity index is 285.